The van der Waals surface area contributed by atoms with Gasteiger partial charge in [0, 0.05) is 40.4 Å². The van der Waals surface area contributed by atoms with Gasteiger partial charge in [0.1, 0.15) is 5.02 Å². The van der Waals surface area contributed by atoms with E-state index in [9.17, 15) is 0 Å². The molecular formula is C18H29ClN4O2. The van der Waals surface area contributed by atoms with Crippen molar-refractivity contribution in [1.29, 1.82) is 0 Å². The van der Waals surface area contributed by atoms with Crippen molar-refractivity contribution in [3.8, 4) is 0 Å². The molecule has 2 saturated heterocycles. The first-order chi connectivity index (χ1) is 12.1. The van der Waals surface area contributed by atoms with Crippen molar-refractivity contribution < 1.29 is 9.47 Å². The molecular weight excluding hydrogens is 340 g/mol. The second-order valence-corrected chi connectivity index (χ2v) is 7.49. The monoisotopic (exact) mass is 368 g/mol. The fourth-order valence-corrected chi connectivity index (χ4v) is 3.72. The normalized spacial score (nSPS) is 24.1. The number of aromatic nitrogens is 2. The van der Waals surface area contributed by atoms with E-state index in [2.05, 4.69) is 14.8 Å². The zero-order chi connectivity index (χ0) is 17.6. The molecule has 0 N–H and O–H groups in total. The summed E-state index contributed by atoms with van der Waals surface area (Å²) in [6.07, 6.45) is 9.18. The minimum Gasteiger partial charge on any atom is -0.376 e. The van der Waals surface area contributed by atoms with Crippen LogP contribution in [0.25, 0.3) is 0 Å². The molecule has 6 nitrogen and oxygen atoms in total. The van der Waals surface area contributed by atoms with Gasteiger partial charge in [0.25, 0.3) is 0 Å². The highest BCUT2D eigenvalue weighted by Gasteiger charge is 2.21. The van der Waals surface area contributed by atoms with Crippen LogP contribution in [0.15, 0.2) is 6.20 Å². The van der Waals surface area contributed by atoms with Crippen LogP contribution in [0.4, 0.5) is 11.8 Å². The van der Waals surface area contributed by atoms with Crippen LogP contribution in [-0.4, -0.2) is 62.6 Å². The van der Waals surface area contributed by atoms with Gasteiger partial charge in [0.05, 0.1) is 18.4 Å². The summed E-state index contributed by atoms with van der Waals surface area (Å²) >= 11 is 6.35. The van der Waals surface area contributed by atoms with E-state index in [-0.39, 0.29) is 12.2 Å². The Morgan fingerprint density at radius 3 is 2.16 bits per heavy atom. The van der Waals surface area contributed by atoms with E-state index in [0.29, 0.717) is 11.0 Å². The van der Waals surface area contributed by atoms with Crippen molar-refractivity contribution in [1.82, 2.24) is 9.97 Å². The van der Waals surface area contributed by atoms with Gasteiger partial charge in [0.15, 0.2) is 5.82 Å². The number of hydrogen-bond donors (Lipinski definition) is 0. The SMILES string of the molecule is CN(C[C@H]1CCCCO1)c1ncc(Cl)c(N(C)C[C@H]2CCCCO2)n1. The molecule has 0 aromatic carbocycles. The Bertz CT molecular complexity index is 548. The van der Waals surface area contributed by atoms with Crippen molar-refractivity contribution >= 4 is 23.4 Å². The first-order valence-corrected chi connectivity index (χ1v) is 9.69. The number of likely N-dealkylation sites (N-methyl/N-ethyl adjacent to an activating group) is 2. The molecule has 1 aromatic heterocycles. The summed E-state index contributed by atoms with van der Waals surface area (Å²) in [5, 5.41) is 0.573. The smallest absolute Gasteiger partial charge is 0.227 e. The van der Waals surface area contributed by atoms with Gasteiger partial charge >= 0.3 is 0 Å². The summed E-state index contributed by atoms with van der Waals surface area (Å²) in [4.78, 5) is 13.2. The molecule has 1 aromatic rings. The van der Waals surface area contributed by atoms with Gasteiger partial charge in [-0.2, -0.15) is 4.98 Å². The lowest BCUT2D eigenvalue weighted by Gasteiger charge is -2.30. The molecule has 140 valence electrons. The topological polar surface area (TPSA) is 50.7 Å². The summed E-state index contributed by atoms with van der Waals surface area (Å²) in [5.41, 5.74) is 0. The summed E-state index contributed by atoms with van der Waals surface area (Å²) in [5.74, 6) is 1.45. The predicted molar refractivity (Wildman–Crippen MR) is 101 cm³/mol. The number of ether oxygens (including phenoxy) is 2. The molecule has 2 aliphatic heterocycles. The Balaban J connectivity index is 1.64. The Morgan fingerprint density at radius 2 is 1.60 bits per heavy atom. The third-order valence-corrected chi connectivity index (χ3v) is 5.19. The fourth-order valence-electron chi connectivity index (χ4n) is 3.48. The Hall–Kier alpha value is -1.11. The number of rotatable bonds is 6. The van der Waals surface area contributed by atoms with Crippen molar-refractivity contribution in [2.75, 3.05) is 50.2 Å². The molecule has 0 amide bonds. The molecule has 0 radical (unpaired) electrons. The van der Waals surface area contributed by atoms with Crippen LogP contribution in [0, 0.1) is 0 Å². The number of hydrogen-bond acceptors (Lipinski definition) is 6. The van der Waals surface area contributed by atoms with Gasteiger partial charge in [-0.3, -0.25) is 0 Å². The van der Waals surface area contributed by atoms with E-state index >= 15 is 0 Å². The largest absolute Gasteiger partial charge is 0.376 e. The fraction of sp³-hybridized carbons (Fsp3) is 0.778. The molecule has 0 aliphatic carbocycles. The van der Waals surface area contributed by atoms with E-state index in [0.717, 1.165) is 57.8 Å². The van der Waals surface area contributed by atoms with Crippen molar-refractivity contribution in [2.45, 2.75) is 50.7 Å². The maximum Gasteiger partial charge on any atom is 0.227 e. The van der Waals surface area contributed by atoms with E-state index in [1.54, 1.807) is 6.20 Å². The molecule has 2 atom stereocenters. The van der Waals surface area contributed by atoms with E-state index < -0.39 is 0 Å². The Labute approximate surface area is 155 Å². The first kappa shape index (κ1) is 18.7. The van der Waals surface area contributed by atoms with E-state index in [1.807, 2.05) is 14.1 Å². The zero-order valence-electron chi connectivity index (χ0n) is 15.3. The van der Waals surface area contributed by atoms with Gasteiger partial charge in [-0.05, 0) is 38.5 Å². The summed E-state index contributed by atoms with van der Waals surface area (Å²) in [6, 6.07) is 0. The van der Waals surface area contributed by atoms with Gasteiger partial charge in [-0.1, -0.05) is 11.6 Å². The lowest BCUT2D eigenvalue weighted by atomic mass is 10.1. The van der Waals surface area contributed by atoms with Crippen LogP contribution in [0.5, 0.6) is 0 Å². The summed E-state index contributed by atoms with van der Waals surface area (Å²) in [6.45, 7) is 3.31. The Morgan fingerprint density at radius 1 is 1.00 bits per heavy atom. The zero-order valence-corrected chi connectivity index (χ0v) is 16.0. The quantitative estimate of drug-likeness (QED) is 0.768. The van der Waals surface area contributed by atoms with Crippen LogP contribution in [0.1, 0.15) is 38.5 Å². The molecule has 7 heteroatoms. The number of nitrogens with zero attached hydrogens (tertiary/aromatic N) is 4. The average Bonchev–Trinajstić information content (AvgIpc) is 2.63. The van der Waals surface area contributed by atoms with Gasteiger partial charge in [-0.15, -0.1) is 0 Å². The molecule has 3 rings (SSSR count). The molecule has 25 heavy (non-hydrogen) atoms. The summed E-state index contributed by atoms with van der Waals surface area (Å²) < 4.78 is 11.7. The van der Waals surface area contributed by atoms with Gasteiger partial charge < -0.3 is 19.3 Å². The lowest BCUT2D eigenvalue weighted by molar-refractivity contribution is 0.0214. The highest BCUT2D eigenvalue weighted by atomic mass is 35.5. The second kappa shape index (κ2) is 9.01. The van der Waals surface area contributed by atoms with Gasteiger partial charge in [0.2, 0.25) is 5.95 Å². The third-order valence-electron chi connectivity index (χ3n) is 4.92. The second-order valence-electron chi connectivity index (χ2n) is 7.08. The average molecular weight is 369 g/mol. The standard InChI is InChI=1S/C18H29ClN4O2/c1-22(12-14-7-3-5-9-24-14)17-16(19)11-20-18(21-17)23(2)13-15-8-4-6-10-25-15/h11,14-15H,3-10,12-13H2,1-2H3/t14-,15-/m1/s1. The highest BCUT2D eigenvalue weighted by Crippen LogP contribution is 2.26. The van der Waals surface area contributed by atoms with Crippen LogP contribution in [0.2, 0.25) is 5.02 Å². The minimum absolute atomic E-state index is 0.251. The van der Waals surface area contributed by atoms with Crippen molar-refractivity contribution in [3.05, 3.63) is 11.2 Å². The molecule has 3 heterocycles. The van der Waals surface area contributed by atoms with Crippen LogP contribution in [0.3, 0.4) is 0 Å². The molecule has 2 fully saturated rings. The highest BCUT2D eigenvalue weighted by molar-refractivity contribution is 6.32. The Kier molecular flexibility index (Phi) is 6.73. The van der Waals surface area contributed by atoms with Gasteiger partial charge in [-0.25, -0.2) is 4.98 Å². The number of anilines is 2. The van der Waals surface area contributed by atoms with Crippen molar-refractivity contribution in [3.63, 3.8) is 0 Å². The van der Waals surface area contributed by atoms with Crippen LogP contribution < -0.4 is 9.80 Å². The first-order valence-electron chi connectivity index (χ1n) is 9.31. The molecule has 0 unspecified atom stereocenters. The van der Waals surface area contributed by atoms with Crippen molar-refractivity contribution in [2.24, 2.45) is 0 Å². The maximum absolute atomic E-state index is 6.35. The summed E-state index contributed by atoms with van der Waals surface area (Å²) in [7, 11) is 4.02. The maximum atomic E-state index is 6.35. The lowest BCUT2D eigenvalue weighted by Crippen LogP contribution is -2.36. The van der Waals surface area contributed by atoms with Crippen LogP contribution >= 0.6 is 11.6 Å². The third kappa shape index (κ3) is 5.19. The van der Waals surface area contributed by atoms with E-state index in [4.69, 9.17) is 26.1 Å². The molecule has 0 saturated carbocycles. The molecule has 0 bridgehead atoms. The predicted octanol–water partition coefficient (Wildman–Crippen LogP) is 3.14. The van der Waals surface area contributed by atoms with E-state index in [1.165, 1.54) is 12.8 Å². The molecule has 0 spiro atoms. The van der Waals surface area contributed by atoms with Crippen LogP contribution in [-0.2, 0) is 9.47 Å². The number of halogens is 1. The molecule has 2 aliphatic rings. The minimum atomic E-state index is 0.251.